The van der Waals surface area contributed by atoms with E-state index in [4.69, 9.17) is 16.3 Å². The first-order valence-electron chi connectivity index (χ1n) is 4.04. The molecule has 13 heavy (non-hydrogen) atoms. The predicted molar refractivity (Wildman–Crippen MR) is 51.9 cm³/mol. The summed E-state index contributed by atoms with van der Waals surface area (Å²) in [6, 6.07) is 9.99. The van der Waals surface area contributed by atoms with Crippen LogP contribution in [0.3, 0.4) is 0 Å². The van der Waals surface area contributed by atoms with E-state index in [0.29, 0.717) is 6.61 Å². The first-order chi connectivity index (χ1) is 6.29. The number of nitrogens with zero attached hydrogens (tertiary/aromatic N) is 1. The molecule has 0 amide bonds. The number of nitrogens with two attached hydrogens (primary N) is 2. The van der Waals surface area contributed by atoms with E-state index < -0.39 is 0 Å². The van der Waals surface area contributed by atoms with Gasteiger partial charge in [0.25, 0.3) is 0 Å². The Balaban J connectivity index is 2.25. The van der Waals surface area contributed by atoms with Crippen LogP contribution in [0.1, 0.15) is 5.56 Å². The Kier molecular flexibility index (Phi) is 3.63. The molecule has 0 bridgehead atoms. The summed E-state index contributed by atoms with van der Waals surface area (Å²) < 4.78 is 0. The van der Waals surface area contributed by atoms with Gasteiger partial charge in [-0.2, -0.15) is 0 Å². The Morgan fingerprint density at radius 2 is 1.92 bits per heavy atom. The molecule has 0 saturated carbocycles. The molecule has 0 aliphatic heterocycles. The van der Waals surface area contributed by atoms with Crippen molar-refractivity contribution in [3.05, 3.63) is 35.9 Å². The second-order valence-electron chi connectivity index (χ2n) is 2.58. The van der Waals surface area contributed by atoms with Crippen LogP contribution in [0, 0.1) is 0 Å². The zero-order chi connectivity index (χ0) is 9.52. The van der Waals surface area contributed by atoms with Crippen LogP contribution in [0.5, 0.6) is 0 Å². The highest BCUT2D eigenvalue weighted by Gasteiger charge is 1.90. The van der Waals surface area contributed by atoms with E-state index in [1.807, 2.05) is 30.3 Å². The fourth-order valence-electron chi connectivity index (χ4n) is 0.928. The lowest BCUT2D eigenvalue weighted by molar-refractivity contribution is 0.147. The third-order valence-corrected chi connectivity index (χ3v) is 1.49. The second-order valence-corrected chi connectivity index (χ2v) is 2.58. The van der Waals surface area contributed by atoms with Crippen LogP contribution in [-0.2, 0) is 11.3 Å². The van der Waals surface area contributed by atoms with E-state index in [0.717, 1.165) is 6.42 Å². The summed E-state index contributed by atoms with van der Waals surface area (Å²) in [4.78, 5) is 4.84. The highest BCUT2D eigenvalue weighted by Crippen LogP contribution is 1.99. The average molecular weight is 179 g/mol. The minimum atomic E-state index is -0.0481. The van der Waals surface area contributed by atoms with E-state index in [1.165, 1.54) is 5.56 Å². The first-order valence-corrected chi connectivity index (χ1v) is 4.04. The summed E-state index contributed by atoms with van der Waals surface area (Å²) in [7, 11) is 0. The third-order valence-electron chi connectivity index (χ3n) is 1.49. The Morgan fingerprint density at radius 3 is 2.54 bits per heavy atom. The van der Waals surface area contributed by atoms with E-state index in [1.54, 1.807) is 0 Å². The Labute approximate surface area is 77.2 Å². The summed E-state index contributed by atoms with van der Waals surface area (Å²) in [5.41, 5.74) is 11.4. The van der Waals surface area contributed by atoms with Crippen LogP contribution in [0.25, 0.3) is 0 Å². The summed E-state index contributed by atoms with van der Waals surface area (Å²) in [6.07, 6.45) is 0.803. The first kappa shape index (κ1) is 9.38. The minimum Gasteiger partial charge on any atom is -0.393 e. The van der Waals surface area contributed by atoms with Crippen molar-refractivity contribution in [2.24, 2.45) is 16.6 Å². The summed E-state index contributed by atoms with van der Waals surface area (Å²) in [5.74, 6) is -0.0481. The monoisotopic (exact) mass is 179 g/mol. The number of guanidine groups is 1. The molecule has 1 rings (SSSR count). The van der Waals surface area contributed by atoms with Gasteiger partial charge in [0.15, 0.2) is 0 Å². The molecule has 0 atom stereocenters. The normalized spacial score (nSPS) is 9.23. The van der Waals surface area contributed by atoms with E-state index in [9.17, 15) is 0 Å². The van der Waals surface area contributed by atoms with Gasteiger partial charge in [-0.15, -0.1) is 0 Å². The van der Waals surface area contributed by atoms with Gasteiger partial charge >= 0.3 is 0 Å². The SMILES string of the molecule is NC(N)=NOCCc1ccccc1. The molecule has 0 radical (unpaired) electrons. The van der Waals surface area contributed by atoms with Crippen molar-refractivity contribution in [2.75, 3.05) is 6.61 Å². The van der Waals surface area contributed by atoms with Crippen molar-refractivity contribution in [1.82, 2.24) is 0 Å². The predicted octanol–water partition coefficient (Wildman–Crippen LogP) is 0.434. The van der Waals surface area contributed by atoms with Crippen molar-refractivity contribution in [3.63, 3.8) is 0 Å². The number of hydrogen-bond donors (Lipinski definition) is 2. The Hall–Kier alpha value is -1.71. The molecule has 1 aromatic rings. The van der Waals surface area contributed by atoms with Gasteiger partial charge < -0.3 is 16.3 Å². The molecule has 0 spiro atoms. The van der Waals surface area contributed by atoms with E-state index in [-0.39, 0.29) is 5.96 Å². The van der Waals surface area contributed by atoms with Gasteiger partial charge in [-0.1, -0.05) is 30.3 Å². The number of hydrogen-bond acceptors (Lipinski definition) is 2. The molecule has 4 N–H and O–H groups in total. The van der Waals surface area contributed by atoms with Crippen LogP contribution in [0.4, 0.5) is 0 Å². The molecule has 0 unspecified atom stereocenters. The van der Waals surface area contributed by atoms with Gasteiger partial charge in [0.2, 0.25) is 5.96 Å². The molecule has 0 aromatic heterocycles. The molecule has 0 aliphatic rings. The quantitative estimate of drug-likeness (QED) is 0.305. The molecular formula is C9H13N3O. The van der Waals surface area contributed by atoms with Crippen LogP contribution in [0.15, 0.2) is 35.5 Å². The maximum absolute atomic E-state index is 5.07. The zero-order valence-corrected chi connectivity index (χ0v) is 7.31. The van der Waals surface area contributed by atoms with Crippen molar-refractivity contribution < 1.29 is 4.84 Å². The minimum absolute atomic E-state index is 0.0481. The van der Waals surface area contributed by atoms with Gasteiger partial charge in [-0.3, -0.25) is 0 Å². The molecule has 0 saturated heterocycles. The van der Waals surface area contributed by atoms with Gasteiger partial charge in [0.05, 0.1) is 0 Å². The zero-order valence-electron chi connectivity index (χ0n) is 7.31. The summed E-state index contributed by atoms with van der Waals surface area (Å²) in [6.45, 7) is 0.488. The lowest BCUT2D eigenvalue weighted by atomic mass is 10.2. The van der Waals surface area contributed by atoms with E-state index >= 15 is 0 Å². The highest BCUT2D eigenvalue weighted by molar-refractivity contribution is 5.74. The number of benzene rings is 1. The van der Waals surface area contributed by atoms with Crippen molar-refractivity contribution in [1.29, 1.82) is 0 Å². The average Bonchev–Trinajstić information content (AvgIpc) is 2.14. The van der Waals surface area contributed by atoms with Gasteiger partial charge in [-0.25, -0.2) is 0 Å². The summed E-state index contributed by atoms with van der Waals surface area (Å²) in [5, 5.41) is 3.41. The van der Waals surface area contributed by atoms with E-state index in [2.05, 4.69) is 5.16 Å². The van der Waals surface area contributed by atoms with Gasteiger partial charge in [0, 0.05) is 6.42 Å². The molecule has 0 heterocycles. The number of rotatable bonds is 4. The lowest BCUT2D eigenvalue weighted by Crippen LogP contribution is -2.23. The molecule has 70 valence electrons. The smallest absolute Gasteiger partial charge is 0.228 e. The Morgan fingerprint density at radius 1 is 1.23 bits per heavy atom. The maximum Gasteiger partial charge on any atom is 0.228 e. The van der Waals surface area contributed by atoms with Gasteiger partial charge in [-0.05, 0) is 10.7 Å². The third kappa shape index (κ3) is 4.00. The van der Waals surface area contributed by atoms with Crippen LogP contribution < -0.4 is 11.5 Å². The topological polar surface area (TPSA) is 73.6 Å². The fourth-order valence-corrected chi connectivity index (χ4v) is 0.928. The van der Waals surface area contributed by atoms with Crippen LogP contribution >= 0.6 is 0 Å². The molecule has 0 fully saturated rings. The summed E-state index contributed by atoms with van der Waals surface area (Å²) >= 11 is 0. The molecule has 4 nitrogen and oxygen atoms in total. The van der Waals surface area contributed by atoms with Crippen molar-refractivity contribution >= 4 is 5.96 Å². The second kappa shape index (κ2) is 5.03. The maximum atomic E-state index is 5.07. The van der Waals surface area contributed by atoms with Crippen molar-refractivity contribution in [2.45, 2.75) is 6.42 Å². The Bertz CT molecular complexity index is 267. The largest absolute Gasteiger partial charge is 0.393 e. The molecule has 1 aromatic carbocycles. The van der Waals surface area contributed by atoms with Crippen molar-refractivity contribution in [3.8, 4) is 0 Å². The van der Waals surface area contributed by atoms with Crippen LogP contribution in [0.2, 0.25) is 0 Å². The molecular weight excluding hydrogens is 166 g/mol. The number of oxime groups is 1. The standard InChI is InChI=1S/C9H13N3O/c10-9(11)12-13-7-6-8-4-2-1-3-5-8/h1-5H,6-7H2,(H4,10,11,12). The van der Waals surface area contributed by atoms with Crippen LogP contribution in [-0.4, -0.2) is 12.6 Å². The highest BCUT2D eigenvalue weighted by atomic mass is 16.6. The van der Waals surface area contributed by atoms with Gasteiger partial charge in [0.1, 0.15) is 6.61 Å². The fraction of sp³-hybridized carbons (Fsp3) is 0.222. The molecule has 0 aliphatic carbocycles. The lowest BCUT2D eigenvalue weighted by Gasteiger charge is -1.99. The molecule has 4 heteroatoms.